The van der Waals surface area contributed by atoms with Crippen LogP contribution in [0.25, 0.3) is 0 Å². The number of anilines is 2. The molecule has 1 aromatic heterocycles. The van der Waals surface area contributed by atoms with Crippen LogP contribution in [0.3, 0.4) is 0 Å². The lowest BCUT2D eigenvalue weighted by molar-refractivity contribution is 0.102. The van der Waals surface area contributed by atoms with Gasteiger partial charge in [-0.3, -0.25) is 4.79 Å². The van der Waals surface area contributed by atoms with Gasteiger partial charge in [0.15, 0.2) is 0 Å². The van der Waals surface area contributed by atoms with Crippen LogP contribution in [0, 0.1) is 6.92 Å². The van der Waals surface area contributed by atoms with E-state index in [-0.39, 0.29) is 5.91 Å². The van der Waals surface area contributed by atoms with Gasteiger partial charge in [0.1, 0.15) is 11.4 Å². The van der Waals surface area contributed by atoms with Crippen molar-refractivity contribution in [3.63, 3.8) is 0 Å². The van der Waals surface area contributed by atoms with Gasteiger partial charge in [0.25, 0.3) is 5.91 Å². The third kappa shape index (κ3) is 6.06. The fourth-order valence-corrected chi connectivity index (χ4v) is 2.34. The molecule has 0 aliphatic rings. The Morgan fingerprint density at radius 3 is 2.56 bits per heavy atom. The van der Waals surface area contributed by atoms with E-state index in [4.69, 9.17) is 4.74 Å². The van der Waals surface area contributed by atoms with Gasteiger partial charge in [-0.15, -0.1) is 0 Å². The van der Waals surface area contributed by atoms with Crippen molar-refractivity contribution < 1.29 is 9.53 Å². The second-order valence-corrected chi connectivity index (χ2v) is 5.76. The van der Waals surface area contributed by atoms with Gasteiger partial charge in [-0.2, -0.15) is 0 Å². The highest BCUT2D eigenvalue weighted by atomic mass is 16.5. The van der Waals surface area contributed by atoms with E-state index in [0.29, 0.717) is 23.9 Å². The highest BCUT2D eigenvalue weighted by molar-refractivity contribution is 6.03. The molecule has 2 rings (SSSR count). The second kappa shape index (κ2) is 9.61. The van der Waals surface area contributed by atoms with Crippen molar-refractivity contribution in [3.8, 4) is 5.75 Å². The number of carbonyl (C=O) groups is 1. The smallest absolute Gasteiger partial charge is 0.274 e. The average Bonchev–Trinajstić information content (AvgIpc) is 2.60. The molecule has 134 valence electrons. The summed E-state index contributed by atoms with van der Waals surface area (Å²) in [7, 11) is 0. The van der Waals surface area contributed by atoms with E-state index in [2.05, 4.69) is 27.5 Å². The summed E-state index contributed by atoms with van der Waals surface area (Å²) in [6, 6.07) is 8.94. The largest absolute Gasteiger partial charge is 0.494 e. The van der Waals surface area contributed by atoms with Gasteiger partial charge in [-0.1, -0.05) is 19.8 Å². The molecule has 0 saturated heterocycles. The number of hydrogen-bond acceptors (Lipinski definition) is 5. The monoisotopic (exact) mass is 342 g/mol. The molecule has 0 aliphatic heterocycles. The lowest BCUT2D eigenvalue weighted by Gasteiger charge is -2.09. The molecular weight excluding hydrogens is 316 g/mol. The minimum absolute atomic E-state index is 0.258. The quantitative estimate of drug-likeness (QED) is 0.673. The van der Waals surface area contributed by atoms with E-state index in [1.54, 1.807) is 18.2 Å². The predicted molar refractivity (Wildman–Crippen MR) is 100 cm³/mol. The molecule has 6 heteroatoms. The summed E-state index contributed by atoms with van der Waals surface area (Å²) in [6.45, 7) is 7.36. The first-order valence-corrected chi connectivity index (χ1v) is 8.76. The van der Waals surface area contributed by atoms with Gasteiger partial charge in [-0.25, -0.2) is 9.97 Å². The van der Waals surface area contributed by atoms with Crippen molar-refractivity contribution in [1.29, 1.82) is 0 Å². The highest BCUT2D eigenvalue weighted by Gasteiger charge is 2.11. The zero-order chi connectivity index (χ0) is 18.1. The molecule has 1 aromatic carbocycles. The molecule has 0 unspecified atom stereocenters. The number of benzene rings is 1. The highest BCUT2D eigenvalue weighted by Crippen LogP contribution is 2.16. The molecule has 0 spiro atoms. The van der Waals surface area contributed by atoms with Crippen LogP contribution in [0.5, 0.6) is 5.75 Å². The number of hydrogen-bond donors (Lipinski definition) is 2. The number of unbranched alkanes of at least 4 members (excludes halogenated alkanes) is 2. The van der Waals surface area contributed by atoms with Crippen LogP contribution in [0.2, 0.25) is 0 Å². The summed E-state index contributed by atoms with van der Waals surface area (Å²) in [5.41, 5.74) is 1.80. The third-order valence-electron chi connectivity index (χ3n) is 3.57. The van der Waals surface area contributed by atoms with Crippen LogP contribution in [0.1, 0.15) is 49.3 Å². The number of nitrogens with zero attached hydrogens (tertiary/aromatic N) is 2. The van der Waals surface area contributed by atoms with E-state index in [1.165, 1.54) is 0 Å². The summed E-state index contributed by atoms with van der Waals surface area (Å²) < 4.78 is 5.40. The van der Waals surface area contributed by atoms with Gasteiger partial charge >= 0.3 is 0 Å². The number of amides is 1. The number of rotatable bonds is 9. The maximum Gasteiger partial charge on any atom is 0.274 e. The Morgan fingerprint density at radius 1 is 1.12 bits per heavy atom. The molecule has 0 bridgehead atoms. The second-order valence-electron chi connectivity index (χ2n) is 5.76. The van der Waals surface area contributed by atoms with E-state index in [0.717, 1.165) is 37.3 Å². The maximum atomic E-state index is 12.4. The van der Waals surface area contributed by atoms with Gasteiger partial charge in [0.2, 0.25) is 5.95 Å². The third-order valence-corrected chi connectivity index (χ3v) is 3.57. The molecule has 2 N–H and O–H groups in total. The van der Waals surface area contributed by atoms with Crippen molar-refractivity contribution >= 4 is 17.5 Å². The minimum atomic E-state index is -0.258. The lowest BCUT2D eigenvalue weighted by Crippen LogP contribution is -2.16. The molecule has 0 radical (unpaired) electrons. The molecule has 0 fully saturated rings. The topological polar surface area (TPSA) is 76.1 Å². The summed E-state index contributed by atoms with van der Waals surface area (Å²) in [5, 5.41) is 6.03. The first-order chi connectivity index (χ1) is 12.1. The zero-order valence-electron chi connectivity index (χ0n) is 15.1. The molecule has 25 heavy (non-hydrogen) atoms. The Bertz CT molecular complexity index is 686. The SMILES string of the molecule is CCCCCNc1nc(C)cc(C(=O)Nc2ccc(OCC)cc2)n1. The van der Waals surface area contributed by atoms with Crippen LogP contribution in [-0.4, -0.2) is 29.0 Å². The Hall–Kier alpha value is -2.63. The summed E-state index contributed by atoms with van der Waals surface area (Å²) in [6.07, 6.45) is 3.37. The summed E-state index contributed by atoms with van der Waals surface area (Å²) in [5.74, 6) is 1.01. The van der Waals surface area contributed by atoms with E-state index >= 15 is 0 Å². The van der Waals surface area contributed by atoms with Crippen LogP contribution < -0.4 is 15.4 Å². The number of ether oxygens (including phenoxy) is 1. The van der Waals surface area contributed by atoms with Gasteiger partial charge in [0.05, 0.1) is 6.61 Å². The van der Waals surface area contributed by atoms with Crippen molar-refractivity contribution in [2.24, 2.45) is 0 Å². The van der Waals surface area contributed by atoms with Crippen LogP contribution >= 0.6 is 0 Å². The molecule has 0 aliphatic carbocycles. The Labute approximate surface area is 149 Å². The number of aryl methyl sites for hydroxylation is 1. The molecule has 1 heterocycles. The predicted octanol–water partition coefficient (Wildman–Crippen LogP) is 4.04. The van der Waals surface area contributed by atoms with Gasteiger partial charge in [0, 0.05) is 17.9 Å². The fraction of sp³-hybridized carbons (Fsp3) is 0.421. The van der Waals surface area contributed by atoms with E-state index < -0.39 is 0 Å². The van der Waals surface area contributed by atoms with Crippen LogP contribution in [-0.2, 0) is 0 Å². The number of carbonyl (C=O) groups excluding carboxylic acids is 1. The lowest BCUT2D eigenvalue weighted by atomic mass is 10.2. The van der Waals surface area contributed by atoms with Crippen molar-refractivity contribution in [1.82, 2.24) is 9.97 Å². The molecule has 0 atom stereocenters. The minimum Gasteiger partial charge on any atom is -0.494 e. The van der Waals surface area contributed by atoms with Crippen molar-refractivity contribution in [2.45, 2.75) is 40.0 Å². The summed E-state index contributed by atoms with van der Waals surface area (Å²) >= 11 is 0. The Morgan fingerprint density at radius 2 is 1.88 bits per heavy atom. The molecule has 2 aromatic rings. The van der Waals surface area contributed by atoms with Crippen LogP contribution in [0.15, 0.2) is 30.3 Å². The maximum absolute atomic E-state index is 12.4. The molecular formula is C19H26N4O2. The first-order valence-electron chi connectivity index (χ1n) is 8.76. The number of aromatic nitrogens is 2. The van der Waals surface area contributed by atoms with Crippen molar-refractivity contribution in [3.05, 3.63) is 41.7 Å². The van der Waals surface area contributed by atoms with Gasteiger partial charge < -0.3 is 15.4 Å². The number of nitrogens with one attached hydrogen (secondary N) is 2. The average molecular weight is 342 g/mol. The normalized spacial score (nSPS) is 10.4. The van der Waals surface area contributed by atoms with Crippen molar-refractivity contribution in [2.75, 3.05) is 23.8 Å². The Kier molecular flexibility index (Phi) is 7.19. The van der Waals surface area contributed by atoms with Crippen LogP contribution in [0.4, 0.5) is 11.6 Å². The zero-order valence-corrected chi connectivity index (χ0v) is 15.1. The summed E-state index contributed by atoms with van der Waals surface area (Å²) in [4.78, 5) is 21.1. The standard InChI is InChI=1S/C19H26N4O2/c1-4-6-7-12-20-19-21-14(3)13-17(23-19)18(24)22-15-8-10-16(11-9-15)25-5-2/h8-11,13H,4-7,12H2,1-3H3,(H,22,24)(H,20,21,23). The Balaban J connectivity index is 2.01. The van der Waals surface area contributed by atoms with E-state index in [9.17, 15) is 4.79 Å². The molecule has 1 amide bonds. The van der Waals surface area contributed by atoms with E-state index in [1.807, 2.05) is 26.0 Å². The fourth-order valence-electron chi connectivity index (χ4n) is 2.34. The molecule has 0 saturated carbocycles. The molecule has 6 nitrogen and oxygen atoms in total. The van der Waals surface area contributed by atoms with Gasteiger partial charge in [-0.05, 0) is 50.6 Å². The first kappa shape index (κ1) is 18.7.